The zero-order chi connectivity index (χ0) is 17.1. The number of aryl methyl sites for hydroxylation is 1. The van der Waals surface area contributed by atoms with Crippen molar-refractivity contribution in [2.45, 2.75) is 44.7 Å². The lowest BCUT2D eigenvalue weighted by atomic mass is 9.91. The van der Waals surface area contributed by atoms with Gasteiger partial charge in [0.1, 0.15) is 5.76 Å². The van der Waals surface area contributed by atoms with E-state index in [2.05, 4.69) is 25.6 Å². The summed E-state index contributed by atoms with van der Waals surface area (Å²) in [5, 5.41) is 5.98. The first kappa shape index (κ1) is 16.6. The van der Waals surface area contributed by atoms with E-state index in [1.807, 2.05) is 0 Å². The fraction of sp³-hybridized carbons (Fsp3) is 0.467. The van der Waals surface area contributed by atoms with E-state index in [0.29, 0.717) is 17.9 Å². The molecule has 0 spiro atoms. The van der Waals surface area contributed by atoms with Gasteiger partial charge in [-0.2, -0.15) is 4.98 Å². The van der Waals surface area contributed by atoms with Crippen molar-refractivity contribution in [1.29, 1.82) is 0 Å². The van der Waals surface area contributed by atoms with Crippen molar-refractivity contribution in [2.75, 3.05) is 5.32 Å². The summed E-state index contributed by atoms with van der Waals surface area (Å²) in [6.07, 6.45) is 5.55. The number of anilines is 1. The van der Waals surface area contributed by atoms with Gasteiger partial charge in [-0.3, -0.25) is 4.79 Å². The van der Waals surface area contributed by atoms with Crippen LogP contribution in [0.5, 0.6) is 0 Å². The second-order valence-corrected chi connectivity index (χ2v) is 6.11. The molecule has 0 bridgehead atoms. The maximum absolute atomic E-state index is 13.7. The summed E-state index contributed by atoms with van der Waals surface area (Å²) < 4.78 is 18.8. The molecule has 9 heteroatoms. The van der Waals surface area contributed by atoms with Crippen molar-refractivity contribution < 1.29 is 13.6 Å². The van der Waals surface area contributed by atoms with Crippen molar-refractivity contribution in [1.82, 2.24) is 20.3 Å². The second kappa shape index (κ2) is 7.12. The van der Waals surface area contributed by atoms with Crippen molar-refractivity contribution in [3.63, 3.8) is 0 Å². The van der Waals surface area contributed by atoms with Gasteiger partial charge < -0.3 is 15.1 Å². The predicted octanol–water partition coefficient (Wildman–Crippen LogP) is 2.72. The number of aromatic nitrogens is 3. The predicted molar refractivity (Wildman–Crippen MR) is 85.4 cm³/mol. The molecule has 1 amide bonds. The molecule has 2 heterocycles. The van der Waals surface area contributed by atoms with E-state index in [-0.39, 0.29) is 29.1 Å². The van der Waals surface area contributed by atoms with Crippen molar-refractivity contribution in [3.05, 3.63) is 35.1 Å². The highest BCUT2D eigenvalue weighted by molar-refractivity contribution is 6.28. The first-order valence-electron chi connectivity index (χ1n) is 7.68. The lowest BCUT2D eigenvalue weighted by Crippen LogP contribution is -2.42. The Bertz CT molecular complexity index is 738. The molecule has 2 unspecified atom stereocenters. The van der Waals surface area contributed by atoms with Crippen molar-refractivity contribution in [2.24, 2.45) is 0 Å². The summed E-state index contributed by atoms with van der Waals surface area (Å²) in [6, 6.07) is -0.0388. The van der Waals surface area contributed by atoms with Gasteiger partial charge >= 0.3 is 0 Å². The Kier molecular flexibility index (Phi) is 4.94. The second-order valence-electron chi connectivity index (χ2n) is 5.77. The van der Waals surface area contributed by atoms with Gasteiger partial charge in [0.2, 0.25) is 5.28 Å². The Hall–Kier alpha value is -2.22. The fourth-order valence-electron chi connectivity index (χ4n) is 2.87. The van der Waals surface area contributed by atoms with Crippen LogP contribution in [0.4, 0.5) is 10.2 Å². The average molecular weight is 354 g/mol. The number of rotatable bonds is 4. The van der Waals surface area contributed by atoms with E-state index in [1.165, 1.54) is 6.39 Å². The SMILES string of the molecule is Cc1ocnc1C(=O)NC1CCCC(Nc2nc(Cl)ncc2F)C1. The van der Waals surface area contributed by atoms with E-state index in [4.69, 9.17) is 16.0 Å². The number of nitrogens with one attached hydrogen (secondary N) is 2. The molecule has 1 aliphatic carbocycles. The number of hydrogen-bond acceptors (Lipinski definition) is 6. The monoisotopic (exact) mass is 353 g/mol. The zero-order valence-corrected chi connectivity index (χ0v) is 13.8. The number of amides is 1. The molecule has 128 valence electrons. The van der Waals surface area contributed by atoms with Crippen LogP contribution in [0.25, 0.3) is 0 Å². The van der Waals surface area contributed by atoms with Crippen LogP contribution in [0.3, 0.4) is 0 Å². The van der Waals surface area contributed by atoms with E-state index in [1.54, 1.807) is 6.92 Å². The van der Waals surface area contributed by atoms with E-state index < -0.39 is 5.82 Å². The number of oxazole rings is 1. The molecular weight excluding hydrogens is 337 g/mol. The Balaban J connectivity index is 1.61. The fourth-order valence-corrected chi connectivity index (χ4v) is 3.00. The standard InChI is InChI=1S/C15H17ClFN5O2/c1-8-12(19-7-24-8)14(23)21-10-4-2-3-9(5-10)20-13-11(17)6-18-15(16)22-13/h6-7,9-10H,2-5H2,1H3,(H,21,23)(H,18,20,22). The van der Waals surface area contributed by atoms with Crippen LogP contribution in [-0.2, 0) is 0 Å². The highest BCUT2D eigenvalue weighted by Crippen LogP contribution is 2.23. The summed E-state index contributed by atoms with van der Waals surface area (Å²) in [5.41, 5.74) is 0.290. The molecule has 1 fully saturated rings. The third kappa shape index (κ3) is 3.81. The molecule has 2 aromatic rings. The van der Waals surface area contributed by atoms with Gasteiger partial charge in [0.15, 0.2) is 23.7 Å². The van der Waals surface area contributed by atoms with Crippen LogP contribution < -0.4 is 10.6 Å². The summed E-state index contributed by atoms with van der Waals surface area (Å²) in [4.78, 5) is 23.6. The lowest BCUT2D eigenvalue weighted by Gasteiger charge is -2.30. The number of carbonyl (C=O) groups is 1. The zero-order valence-electron chi connectivity index (χ0n) is 13.1. The molecule has 3 rings (SSSR count). The van der Waals surface area contributed by atoms with Crippen LogP contribution in [-0.4, -0.2) is 32.9 Å². The maximum atomic E-state index is 13.7. The maximum Gasteiger partial charge on any atom is 0.273 e. The van der Waals surface area contributed by atoms with Crippen LogP contribution in [0.15, 0.2) is 17.0 Å². The van der Waals surface area contributed by atoms with E-state index >= 15 is 0 Å². The molecule has 0 radical (unpaired) electrons. The minimum atomic E-state index is -0.552. The molecular formula is C15H17ClFN5O2. The molecule has 1 aliphatic rings. The largest absolute Gasteiger partial charge is 0.448 e. The molecule has 1 saturated carbocycles. The number of hydrogen-bond donors (Lipinski definition) is 2. The molecule has 0 saturated heterocycles. The average Bonchev–Trinajstić information content (AvgIpc) is 2.97. The van der Waals surface area contributed by atoms with Crippen LogP contribution in [0.2, 0.25) is 5.28 Å². The normalized spacial score (nSPS) is 20.6. The van der Waals surface area contributed by atoms with Gasteiger partial charge in [-0.1, -0.05) is 0 Å². The third-order valence-electron chi connectivity index (χ3n) is 4.02. The Morgan fingerprint density at radius 3 is 2.92 bits per heavy atom. The molecule has 24 heavy (non-hydrogen) atoms. The summed E-state index contributed by atoms with van der Waals surface area (Å²) in [6.45, 7) is 1.69. The smallest absolute Gasteiger partial charge is 0.273 e. The van der Waals surface area contributed by atoms with Crippen molar-refractivity contribution in [3.8, 4) is 0 Å². The third-order valence-corrected chi connectivity index (χ3v) is 4.21. The highest BCUT2D eigenvalue weighted by Gasteiger charge is 2.26. The van der Waals surface area contributed by atoms with Gasteiger partial charge in [-0.25, -0.2) is 14.4 Å². The van der Waals surface area contributed by atoms with E-state index in [9.17, 15) is 9.18 Å². The van der Waals surface area contributed by atoms with Crippen LogP contribution >= 0.6 is 11.6 Å². The van der Waals surface area contributed by atoms with Gasteiger partial charge in [0.05, 0.1) is 6.20 Å². The summed E-state index contributed by atoms with van der Waals surface area (Å²) >= 11 is 5.70. The topological polar surface area (TPSA) is 92.9 Å². The quantitative estimate of drug-likeness (QED) is 0.821. The highest BCUT2D eigenvalue weighted by atomic mass is 35.5. The summed E-state index contributed by atoms with van der Waals surface area (Å²) in [5.74, 6) is -0.248. The van der Waals surface area contributed by atoms with Crippen LogP contribution in [0, 0.1) is 12.7 Å². The van der Waals surface area contributed by atoms with Crippen molar-refractivity contribution >= 4 is 23.3 Å². The minimum Gasteiger partial charge on any atom is -0.448 e. The van der Waals surface area contributed by atoms with Gasteiger partial charge in [0.25, 0.3) is 5.91 Å². The molecule has 0 aromatic carbocycles. The summed E-state index contributed by atoms with van der Waals surface area (Å²) in [7, 11) is 0. The first-order chi connectivity index (χ1) is 11.5. The molecule has 2 atom stereocenters. The number of carbonyl (C=O) groups excluding carboxylic acids is 1. The number of halogens is 2. The first-order valence-corrected chi connectivity index (χ1v) is 8.06. The lowest BCUT2D eigenvalue weighted by molar-refractivity contribution is 0.0920. The Morgan fingerprint density at radius 2 is 2.17 bits per heavy atom. The van der Waals surface area contributed by atoms with Gasteiger partial charge in [-0.15, -0.1) is 0 Å². The Morgan fingerprint density at radius 1 is 1.38 bits per heavy atom. The number of nitrogens with zero attached hydrogens (tertiary/aromatic N) is 3. The molecule has 2 aromatic heterocycles. The van der Waals surface area contributed by atoms with E-state index in [0.717, 1.165) is 25.5 Å². The van der Waals surface area contributed by atoms with Crippen LogP contribution in [0.1, 0.15) is 41.9 Å². The van der Waals surface area contributed by atoms with Gasteiger partial charge in [0, 0.05) is 12.1 Å². The Labute approximate surface area is 143 Å². The molecule has 7 nitrogen and oxygen atoms in total. The molecule has 0 aliphatic heterocycles. The minimum absolute atomic E-state index is 0.0112. The van der Waals surface area contributed by atoms with Gasteiger partial charge in [-0.05, 0) is 44.2 Å². The molecule has 2 N–H and O–H groups in total.